The number of pyridine rings is 1. The number of aliphatic hydroxyl groups is 1. The third-order valence-electron chi connectivity index (χ3n) is 4.01. The molecule has 0 saturated carbocycles. The SMILES string of the molecule is COc1ccc(CNC(=O)NC(C(C)C)C(CO)C(C)C)nc1. The third-order valence-corrected chi connectivity index (χ3v) is 4.01. The smallest absolute Gasteiger partial charge is 0.315 e. The van der Waals surface area contributed by atoms with Gasteiger partial charge in [-0.3, -0.25) is 4.98 Å². The number of ether oxygens (including phenoxy) is 1. The lowest BCUT2D eigenvalue weighted by Gasteiger charge is -2.32. The standard InChI is InChI=1S/C17H29N3O3/c1-11(2)15(10-21)16(12(3)4)20-17(22)19-8-13-6-7-14(23-5)9-18-13/h6-7,9,11-12,15-16,21H,8,10H2,1-5H3,(H2,19,20,22). The number of carbonyl (C=O) groups is 1. The van der Waals surface area contributed by atoms with Crippen molar-refractivity contribution >= 4 is 6.03 Å². The van der Waals surface area contributed by atoms with Gasteiger partial charge in [0.25, 0.3) is 0 Å². The predicted octanol–water partition coefficient (Wildman–Crippen LogP) is 2.18. The lowest BCUT2D eigenvalue weighted by Crippen LogP contribution is -2.50. The molecule has 0 aliphatic carbocycles. The predicted molar refractivity (Wildman–Crippen MR) is 90.2 cm³/mol. The lowest BCUT2D eigenvalue weighted by molar-refractivity contribution is 0.131. The number of aromatic nitrogens is 1. The van der Waals surface area contributed by atoms with E-state index in [0.29, 0.717) is 12.3 Å². The van der Waals surface area contributed by atoms with Gasteiger partial charge in [0, 0.05) is 18.6 Å². The maximum Gasteiger partial charge on any atom is 0.315 e. The zero-order valence-electron chi connectivity index (χ0n) is 14.7. The van der Waals surface area contributed by atoms with Gasteiger partial charge in [0.1, 0.15) is 5.75 Å². The summed E-state index contributed by atoms with van der Waals surface area (Å²) in [5.74, 6) is 1.23. The second-order valence-electron chi connectivity index (χ2n) is 6.38. The zero-order valence-corrected chi connectivity index (χ0v) is 14.7. The zero-order chi connectivity index (χ0) is 17.4. The first kappa shape index (κ1) is 19.2. The number of hydrogen-bond donors (Lipinski definition) is 3. The van der Waals surface area contributed by atoms with Crippen LogP contribution in [0.5, 0.6) is 5.75 Å². The molecule has 23 heavy (non-hydrogen) atoms. The summed E-state index contributed by atoms with van der Waals surface area (Å²) in [6.07, 6.45) is 1.62. The van der Waals surface area contributed by atoms with Crippen LogP contribution in [0.1, 0.15) is 33.4 Å². The van der Waals surface area contributed by atoms with Crippen molar-refractivity contribution in [2.24, 2.45) is 17.8 Å². The number of carbonyl (C=O) groups excluding carboxylic acids is 1. The Balaban J connectivity index is 2.58. The molecule has 0 fully saturated rings. The molecule has 0 saturated heterocycles. The molecule has 0 aromatic carbocycles. The van der Waals surface area contributed by atoms with E-state index < -0.39 is 0 Å². The van der Waals surface area contributed by atoms with Crippen LogP contribution < -0.4 is 15.4 Å². The maximum atomic E-state index is 12.1. The molecule has 0 aliphatic heterocycles. The normalized spacial score (nSPS) is 13.7. The van der Waals surface area contributed by atoms with Crippen LogP contribution in [0, 0.1) is 17.8 Å². The molecule has 1 aromatic rings. The number of urea groups is 1. The van der Waals surface area contributed by atoms with Gasteiger partial charge in [0.15, 0.2) is 0 Å². The molecule has 0 aliphatic rings. The average molecular weight is 323 g/mol. The van der Waals surface area contributed by atoms with E-state index in [2.05, 4.69) is 29.5 Å². The highest BCUT2D eigenvalue weighted by Gasteiger charge is 2.28. The van der Waals surface area contributed by atoms with Gasteiger partial charge >= 0.3 is 6.03 Å². The number of nitrogens with one attached hydrogen (secondary N) is 2. The summed E-state index contributed by atoms with van der Waals surface area (Å²) < 4.78 is 5.05. The minimum atomic E-state index is -0.250. The van der Waals surface area contributed by atoms with Crippen molar-refractivity contribution in [1.82, 2.24) is 15.6 Å². The summed E-state index contributed by atoms with van der Waals surface area (Å²) >= 11 is 0. The fourth-order valence-corrected chi connectivity index (χ4v) is 2.52. The van der Waals surface area contributed by atoms with Crippen LogP contribution in [-0.4, -0.2) is 35.9 Å². The average Bonchev–Trinajstić information content (AvgIpc) is 2.52. The van der Waals surface area contributed by atoms with Gasteiger partial charge in [-0.15, -0.1) is 0 Å². The minimum absolute atomic E-state index is 0.0276. The van der Waals surface area contributed by atoms with Gasteiger partial charge in [-0.2, -0.15) is 0 Å². The number of rotatable bonds is 8. The highest BCUT2D eigenvalue weighted by Crippen LogP contribution is 2.20. The van der Waals surface area contributed by atoms with E-state index in [1.165, 1.54) is 0 Å². The molecule has 6 heteroatoms. The van der Waals surface area contributed by atoms with Crippen molar-refractivity contribution in [2.75, 3.05) is 13.7 Å². The van der Waals surface area contributed by atoms with Gasteiger partial charge in [0.2, 0.25) is 0 Å². The van der Waals surface area contributed by atoms with Crippen molar-refractivity contribution in [3.8, 4) is 5.75 Å². The van der Waals surface area contributed by atoms with E-state index >= 15 is 0 Å². The van der Waals surface area contributed by atoms with Crippen LogP contribution in [0.25, 0.3) is 0 Å². The molecule has 3 N–H and O–H groups in total. The van der Waals surface area contributed by atoms with Crippen LogP contribution >= 0.6 is 0 Å². The van der Waals surface area contributed by atoms with Gasteiger partial charge in [-0.05, 0) is 24.0 Å². The van der Waals surface area contributed by atoms with Gasteiger partial charge in [-0.25, -0.2) is 4.79 Å². The topological polar surface area (TPSA) is 83.5 Å². The Morgan fingerprint density at radius 1 is 1.26 bits per heavy atom. The quantitative estimate of drug-likeness (QED) is 0.685. The van der Waals surface area contributed by atoms with Gasteiger partial charge < -0.3 is 20.5 Å². The van der Waals surface area contributed by atoms with E-state index in [1.54, 1.807) is 19.4 Å². The van der Waals surface area contributed by atoms with Gasteiger partial charge in [0.05, 0.1) is 25.5 Å². The van der Waals surface area contributed by atoms with Gasteiger partial charge in [-0.1, -0.05) is 27.7 Å². The molecule has 130 valence electrons. The molecule has 2 unspecified atom stereocenters. The fraction of sp³-hybridized carbons (Fsp3) is 0.647. The highest BCUT2D eigenvalue weighted by molar-refractivity contribution is 5.74. The fourth-order valence-electron chi connectivity index (χ4n) is 2.52. The summed E-state index contributed by atoms with van der Waals surface area (Å²) in [5.41, 5.74) is 0.754. The number of aliphatic hydroxyl groups excluding tert-OH is 1. The Morgan fingerprint density at radius 2 is 1.96 bits per heavy atom. The van der Waals surface area contributed by atoms with Crippen molar-refractivity contribution in [3.05, 3.63) is 24.0 Å². The Kier molecular flexibility index (Phi) is 7.81. The Morgan fingerprint density at radius 3 is 2.39 bits per heavy atom. The molecule has 1 rings (SSSR count). The van der Waals surface area contributed by atoms with Crippen LogP contribution in [-0.2, 0) is 6.54 Å². The third kappa shape index (κ3) is 6.06. The molecule has 2 amide bonds. The summed E-state index contributed by atoms with van der Waals surface area (Å²) in [6, 6.07) is 3.28. The van der Waals surface area contributed by atoms with E-state index in [4.69, 9.17) is 4.74 Å². The van der Waals surface area contributed by atoms with E-state index in [0.717, 1.165) is 5.69 Å². The molecule has 2 atom stereocenters. The molecule has 6 nitrogen and oxygen atoms in total. The highest BCUT2D eigenvalue weighted by atomic mass is 16.5. The molecular weight excluding hydrogens is 294 g/mol. The number of amides is 2. The van der Waals surface area contributed by atoms with E-state index in [1.807, 2.05) is 19.9 Å². The molecule has 0 radical (unpaired) electrons. The molecule has 1 aromatic heterocycles. The summed E-state index contributed by atoms with van der Waals surface area (Å²) in [5, 5.41) is 15.4. The van der Waals surface area contributed by atoms with Crippen molar-refractivity contribution in [1.29, 1.82) is 0 Å². The molecular formula is C17H29N3O3. The number of nitrogens with zero attached hydrogens (tertiary/aromatic N) is 1. The first-order chi connectivity index (χ1) is 10.9. The summed E-state index contributed by atoms with van der Waals surface area (Å²) in [4.78, 5) is 16.3. The van der Waals surface area contributed by atoms with Crippen LogP contribution in [0.2, 0.25) is 0 Å². The summed E-state index contributed by atoms with van der Waals surface area (Å²) in [7, 11) is 1.58. The van der Waals surface area contributed by atoms with Crippen LogP contribution in [0.15, 0.2) is 18.3 Å². The first-order valence-electron chi connectivity index (χ1n) is 8.03. The van der Waals surface area contributed by atoms with Crippen molar-refractivity contribution in [2.45, 2.75) is 40.3 Å². The van der Waals surface area contributed by atoms with Crippen LogP contribution in [0.3, 0.4) is 0 Å². The second-order valence-corrected chi connectivity index (χ2v) is 6.38. The maximum absolute atomic E-state index is 12.1. The lowest BCUT2D eigenvalue weighted by atomic mass is 9.83. The Bertz CT molecular complexity index is 474. The second kappa shape index (κ2) is 9.35. The first-order valence-corrected chi connectivity index (χ1v) is 8.03. The largest absolute Gasteiger partial charge is 0.495 e. The molecule has 0 spiro atoms. The number of hydrogen-bond acceptors (Lipinski definition) is 4. The van der Waals surface area contributed by atoms with E-state index in [9.17, 15) is 9.90 Å². The van der Waals surface area contributed by atoms with Crippen molar-refractivity contribution in [3.63, 3.8) is 0 Å². The van der Waals surface area contributed by atoms with E-state index in [-0.39, 0.29) is 36.4 Å². The van der Waals surface area contributed by atoms with Crippen LogP contribution in [0.4, 0.5) is 4.79 Å². The monoisotopic (exact) mass is 323 g/mol. The summed E-state index contributed by atoms with van der Waals surface area (Å²) in [6.45, 7) is 8.59. The minimum Gasteiger partial charge on any atom is -0.495 e. The number of methoxy groups -OCH3 is 1. The Labute approximate surface area is 138 Å². The van der Waals surface area contributed by atoms with Crippen molar-refractivity contribution < 1.29 is 14.6 Å². The molecule has 0 bridgehead atoms. The Hall–Kier alpha value is -1.82. The molecule has 1 heterocycles.